The molecule has 0 bridgehead atoms. The van der Waals surface area contributed by atoms with Crippen molar-refractivity contribution in [3.05, 3.63) is 107 Å². The van der Waals surface area contributed by atoms with Gasteiger partial charge in [0.15, 0.2) is 0 Å². The molecule has 0 aliphatic heterocycles. The number of hydrogen-bond donors (Lipinski definition) is 2. The summed E-state index contributed by atoms with van der Waals surface area (Å²) in [6.07, 6.45) is -0.0539. The van der Waals surface area contributed by atoms with E-state index in [4.69, 9.17) is 0 Å². The van der Waals surface area contributed by atoms with Gasteiger partial charge < -0.3 is 10.6 Å². The first kappa shape index (κ1) is 28.7. The summed E-state index contributed by atoms with van der Waals surface area (Å²) >= 11 is 0. The number of halogens is 3. The van der Waals surface area contributed by atoms with Crippen LogP contribution in [-0.2, 0) is 25.4 Å². The van der Waals surface area contributed by atoms with Gasteiger partial charge in [-0.15, -0.1) is 0 Å². The SMILES string of the molecule is C=C(Nc1cccc(C)c1)Nc1cc(CC)cc(C(F)(F)F)c1.CCc1cc2ncnc(C)c2cc1CC. The Bertz CT molecular complexity index is 1410. The van der Waals surface area contributed by atoms with Crippen LogP contribution in [0.1, 0.15) is 54.3 Å². The van der Waals surface area contributed by atoms with E-state index in [9.17, 15) is 13.2 Å². The average molecular weight is 521 g/mol. The zero-order valence-electron chi connectivity index (χ0n) is 22.6. The number of nitrogens with zero attached hydrogens (tertiary/aromatic N) is 2. The Morgan fingerprint density at radius 1 is 0.816 bits per heavy atom. The second-order valence-corrected chi connectivity index (χ2v) is 9.17. The van der Waals surface area contributed by atoms with E-state index in [0.717, 1.165) is 41.4 Å². The normalized spacial score (nSPS) is 11.1. The number of hydrogen-bond acceptors (Lipinski definition) is 4. The van der Waals surface area contributed by atoms with Gasteiger partial charge >= 0.3 is 6.18 Å². The molecule has 3 aromatic carbocycles. The lowest BCUT2D eigenvalue weighted by Gasteiger charge is -2.16. The van der Waals surface area contributed by atoms with Crippen molar-refractivity contribution in [2.45, 2.75) is 60.1 Å². The van der Waals surface area contributed by atoms with Crippen LogP contribution >= 0.6 is 0 Å². The molecule has 1 heterocycles. The van der Waals surface area contributed by atoms with E-state index >= 15 is 0 Å². The molecule has 0 unspecified atom stereocenters. The van der Waals surface area contributed by atoms with Gasteiger partial charge in [-0.25, -0.2) is 9.97 Å². The molecule has 0 saturated heterocycles. The number of aromatic nitrogens is 2. The molecule has 0 aliphatic carbocycles. The summed E-state index contributed by atoms with van der Waals surface area (Å²) in [7, 11) is 0. The first-order valence-corrected chi connectivity index (χ1v) is 12.8. The monoisotopic (exact) mass is 520 g/mol. The van der Waals surface area contributed by atoms with Crippen molar-refractivity contribution in [3.63, 3.8) is 0 Å². The van der Waals surface area contributed by atoms with Gasteiger partial charge in [0.1, 0.15) is 12.1 Å². The second-order valence-electron chi connectivity index (χ2n) is 9.17. The lowest BCUT2D eigenvalue weighted by molar-refractivity contribution is -0.137. The van der Waals surface area contributed by atoms with E-state index in [2.05, 4.69) is 53.2 Å². The minimum atomic E-state index is -4.37. The maximum absolute atomic E-state index is 12.9. The molecular weight excluding hydrogens is 485 g/mol. The highest BCUT2D eigenvalue weighted by atomic mass is 19.4. The van der Waals surface area contributed by atoms with Gasteiger partial charge in [-0.1, -0.05) is 39.5 Å². The summed E-state index contributed by atoms with van der Waals surface area (Å²) in [4.78, 5) is 8.54. The summed E-state index contributed by atoms with van der Waals surface area (Å²) in [6, 6.07) is 16.0. The molecule has 4 aromatic rings. The van der Waals surface area contributed by atoms with Crippen LogP contribution in [-0.4, -0.2) is 9.97 Å². The van der Waals surface area contributed by atoms with Crippen LogP contribution in [0.25, 0.3) is 10.9 Å². The molecule has 0 aliphatic rings. The molecular formula is C31H35F3N4. The smallest absolute Gasteiger partial charge is 0.342 e. The van der Waals surface area contributed by atoms with E-state index in [-0.39, 0.29) is 0 Å². The highest BCUT2D eigenvalue weighted by Gasteiger charge is 2.31. The molecule has 2 N–H and O–H groups in total. The van der Waals surface area contributed by atoms with Crippen molar-refractivity contribution in [1.29, 1.82) is 0 Å². The zero-order chi connectivity index (χ0) is 27.9. The predicted molar refractivity (Wildman–Crippen MR) is 151 cm³/mol. The Morgan fingerprint density at radius 3 is 2.13 bits per heavy atom. The maximum Gasteiger partial charge on any atom is 0.416 e. The largest absolute Gasteiger partial charge is 0.416 e. The Morgan fingerprint density at radius 2 is 1.50 bits per heavy atom. The van der Waals surface area contributed by atoms with Gasteiger partial charge in [0.05, 0.1) is 11.1 Å². The number of anilines is 2. The maximum atomic E-state index is 12.9. The second kappa shape index (κ2) is 12.6. The van der Waals surface area contributed by atoms with E-state index in [1.54, 1.807) is 12.4 Å². The standard InChI is InChI=1S/C18H19F3N2.C13H16N2/c1-4-14-9-15(18(19,20)21)11-17(10-14)23-13(3)22-16-7-5-6-12(2)8-16;1-4-10-6-12-9(3)14-8-15-13(12)7-11(10)5-2/h5-11,22-23H,3-4H2,1-2H3;6-8H,4-5H2,1-3H3. The predicted octanol–water partition coefficient (Wildman–Crippen LogP) is 8.63. The summed E-state index contributed by atoms with van der Waals surface area (Å²) in [5.74, 6) is 0.414. The highest BCUT2D eigenvalue weighted by Crippen LogP contribution is 2.32. The number of rotatable bonds is 7. The van der Waals surface area contributed by atoms with Crippen molar-refractivity contribution in [2.75, 3.05) is 10.6 Å². The number of benzene rings is 3. The minimum absolute atomic E-state index is 0.363. The molecule has 0 radical (unpaired) electrons. The van der Waals surface area contributed by atoms with Crippen LogP contribution in [0.3, 0.4) is 0 Å². The molecule has 200 valence electrons. The fourth-order valence-electron chi connectivity index (χ4n) is 4.21. The third-order valence-corrected chi connectivity index (χ3v) is 6.25. The van der Waals surface area contributed by atoms with Gasteiger partial charge in [-0.3, -0.25) is 0 Å². The van der Waals surface area contributed by atoms with Crippen molar-refractivity contribution in [1.82, 2.24) is 9.97 Å². The van der Waals surface area contributed by atoms with Gasteiger partial charge in [0.2, 0.25) is 0 Å². The Labute approximate surface area is 223 Å². The lowest BCUT2D eigenvalue weighted by atomic mass is 9.99. The van der Waals surface area contributed by atoms with E-state index in [0.29, 0.717) is 23.5 Å². The average Bonchev–Trinajstić information content (AvgIpc) is 2.87. The Hall–Kier alpha value is -3.87. The molecule has 0 saturated carbocycles. The molecule has 4 nitrogen and oxygen atoms in total. The molecule has 4 rings (SSSR count). The van der Waals surface area contributed by atoms with Crippen molar-refractivity contribution in [3.8, 4) is 0 Å². The molecule has 38 heavy (non-hydrogen) atoms. The van der Waals surface area contributed by atoms with Crippen LogP contribution in [0.2, 0.25) is 0 Å². The summed E-state index contributed by atoms with van der Waals surface area (Å²) in [6.45, 7) is 14.0. The number of aryl methyl sites for hydroxylation is 5. The Kier molecular flexibility index (Phi) is 9.50. The third-order valence-electron chi connectivity index (χ3n) is 6.25. The van der Waals surface area contributed by atoms with E-state index in [1.807, 2.05) is 45.0 Å². The van der Waals surface area contributed by atoms with Crippen molar-refractivity contribution in [2.24, 2.45) is 0 Å². The lowest BCUT2D eigenvalue weighted by Crippen LogP contribution is -2.11. The summed E-state index contributed by atoms with van der Waals surface area (Å²) in [5.41, 5.74) is 7.18. The van der Waals surface area contributed by atoms with Crippen LogP contribution in [0.5, 0.6) is 0 Å². The molecule has 0 atom stereocenters. The van der Waals surface area contributed by atoms with Gasteiger partial charge in [0, 0.05) is 22.5 Å². The fourth-order valence-corrected chi connectivity index (χ4v) is 4.21. The van der Waals surface area contributed by atoms with Crippen molar-refractivity contribution >= 4 is 22.3 Å². The van der Waals surface area contributed by atoms with Crippen LogP contribution in [0.4, 0.5) is 24.5 Å². The number of alkyl halides is 3. The van der Waals surface area contributed by atoms with E-state index < -0.39 is 11.7 Å². The number of nitrogens with one attached hydrogen (secondary N) is 2. The first-order valence-electron chi connectivity index (χ1n) is 12.8. The van der Waals surface area contributed by atoms with Crippen LogP contribution in [0.15, 0.2) is 73.3 Å². The van der Waals surface area contributed by atoms with Crippen LogP contribution in [0, 0.1) is 13.8 Å². The summed E-state index contributed by atoms with van der Waals surface area (Å²) in [5, 5.41) is 7.12. The molecule has 0 spiro atoms. The van der Waals surface area contributed by atoms with E-state index in [1.165, 1.54) is 22.6 Å². The topological polar surface area (TPSA) is 49.8 Å². The molecule has 0 amide bonds. The Balaban J connectivity index is 0.000000230. The molecule has 7 heteroatoms. The first-order chi connectivity index (χ1) is 18.0. The van der Waals surface area contributed by atoms with Gasteiger partial charge in [0.25, 0.3) is 0 Å². The van der Waals surface area contributed by atoms with Gasteiger partial charge in [-0.2, -0.15) is 13.2 Å². The third kappa shape index (κ3) is 7.57. The highest BCUT2D eigenvalue weighted by molar-refractivity contribution is 5.82. The van der Waals surface area contributed by atoms with Crippen molar-refractivity contribution < 1.29 is 13.2 Å². The molecule has 1 aromatic heterocycles. The fraction of sp³-hybridized carbons (Fsp3) is 0.290. The zero-order valence-corrected chi connectivity index (χ0v) is 22.6. The molecule has 0 fully saturated rings. The minimum Gasteiger partial charge on any atom is -0.342 e. The number of fused-ring (bicyclic) bond motifs is 1. The summed E-state index contributed by atoms with van der Waals surface area (Å²) < 4.78 is 38.8. The van der Waals surface area contributed by atoms with Gasteiger partial charge in [-0.05, 0) is 97.8 Å². The van der Waals surface area contributed by atoms with Crippen LogP contribution < -0.4 is 10.6 Å². The quantitative estimate of drug-likeness (QED) is 0.256.